The molecular formula is C28H39N5O. The van der Waals surface area contributed by atoms with Gasteiger partial charge in [0.1, 0.15) is 0 Å². The minimum Gasteiger partial charge on any atom is -0.379 e. The van der Waals surface area contributed by atoms with Gasteiger partial charge in [0.25, 0.3) is 11.3 Å². The Kier molecular flexibility index (Phi) is 9.60. The fraction of sp³-hybridized carbons (Fsp3) is 0.393. The number of allylic oxidation sites excluding steroid dienone is 5. The van der Waals surface area contributed by atoms with E-state index in [0.29, 0.717) is 30.3 Å². The van der Waals surface area contributed by atoms with Crippen molar-refractivity contribution in [3.63, 3.8) is 0 Å². The maximum Gasteiger partial charge on any atom is 0.274 e. The van der Waals surface area contributed by atoms with Gasteiger partial charge in [-0.15, -0.1) is 6.58 Å². The van der Waals surface area contributed by atoms with Crippen LogP contribution in [-0.2, 0) is 6.54 Å². The van der Waals surface area contributed by atoms with Gasteiger partial charge in [0, 0.05) is 17.3 Å². The number of nitrogens with one attached hydrogen (secondary N) is 2. The molecule has 182 valence electrons. The standard InChI is InChI=1S/C26H33N5O.C2H6/c1-7-8-13-20(14-10-15-26(4,5)6)24-29-25-28-21(16-22(32)31(25)30-24)17-27-23-18(2)11-9-12-19(23)3;1-2/h7,9-14,16,27H,1,8,15,17H2,2-6H3,(H,28,29,30);1-2H3/b14-10-,20-13+;. The molecule has 1 aromatic carbocycles. The minimum atomic E-state index is -0.186. The number of hydrogen-bond acceptors (Lipinski definition) is 4. The molecule has 0 unspecified atom stereocenters. The lowest BCUT2D eigenvalue weighted by molar-refractivity contribution is 0.420. The van der Waals surface area contributed by atoms with Gasteiger partial charge in [0.05, 0.1) is 12.2 Å². The Labute approximate surface area is 203 Å². The molecule has 0 saturated heterocycles. The summed E-state index contributed by atoms with van der Waals surface area (Å²) in [5, 5.41) is 6.50. The molecule has 3 rings (SSSR count). The summed E-state index contributed by atoms with van der Waals surface area (Å²) in [5.74, 6) is 0.973. The number of aryl methyl sites for hydroxylation is 2. The van der Waals surface area contributed by atoms with Crippen LogP contribution in [0.4, 0.5) is 5.69 Å². The van der Waals surface area contributed by atoms with E-state index in [1.165, 1.54) is 10.6 Å². The zero-order valence-corrected chi connectivity index (χ0v) is 21.7. The predicted molar refractivity (Wildman–Crippen MR) is 144 cm³/mol. The first-order chi connectivity index (χ1) is 16.2. The number of hydrogen-bond donors (Lipinski definition) is 2. The van der Waals surface area contributed by atoms with Crippen LogP contribution < -0.4 is 10.9 Å². The molecule has 2 aromatic heterocycles. The molecule has 3 aromatic rings. The van der Waals surface area contributed by atoms with Crippen molar-refractivity contribution < 1.29 is 0 Å². The fourth-order valence-corrected chi connectivity index (χ4v) is 3.41. The number of aromatic nitrogens is 4. The van der Waals surface area contributed by atoms with E-state index in [4.69, 9.17) is 0 Å². The summed E-state index contributed by atoms with van der Waals surface area (Å²) >= 11 is 0. The molecule has 0 bridgehead atoms. The number of nitrogens with zero attached hydrogens (tertiary/aromatic N) is 3. The highest BCUT2D eigenvalue weighted by atomic mass is 16.1. The van der Waals surface area contributed by atoms with Crippen molar-refractivity contribution in [2.75, 3.05) is 5.32 Å². The highest BCUT2D eigenvalue weighted by molar-refractivity contribution is 5.70. The van der Waals surface area contributed by atoms with E-state index in [1.807, 2.05) is 38.1 Å². The number of anilines is 1. The van der Waals surface area contributed by atoms with Crippen LogP contribution in [0, 0.1) is 19.3 Å². The second-order valence-electron chi connectivity index (χ2n) is 9.26. The van der Waals surface area contributed by atoms with Crippen LogP contribution in [0.3, 0.4) is 0 Å². The van der Waals surface area contributed by atoms with Crippen molar-refractivity contribution in [1.29, 1.82) is 0 Å². The molecule has 2 N–H and O–H groups in total. The Morgan fingerprint density at radius 2 is 1.85 bits per heavy atom. The average molecular weight is 462 g/mol. The maximum atomic E-state index is 12.7. The van der Waals surface area contributed by atoms with E-state index in [9.17, 15) is 4.79 Å². The van der Waals surface area contributed by atoms with E-state index in [2.05, 4.69) is 79.8 Å². The summed E-state index contributed by atoms with van der Waals surface area (Å²) in [4.78, 5) is 21.9. The van der Waals surface area contributed by atoms with E-state index >= 15 is 0 Å². The molecule has 34 heavy (non-hydrogen) atoms. The predicted octanol–water partition coefficient (Wildman–Crippen LogP) is 6.62. The van der Waals surface area contributed by atoms with Gasteiger partial charge in [0.15, 0.2) is 5.82 Å². The Morgan fingerprint density at radius 3 is 2.47 bits per heavy atom. The second-order valence-corrected chi connectivity index (χ2v) is 9.26. The number of fused-ring (bicyclic) bond motifs is 1. The highest BCUT2D eigenvalue weighted by Gasteiger charge is 2.12. The van der Waals surface area contributed by atoms with E-state index in [0.717, 1.165) is 28.8 Å². The maximum absolute atomic E-state index is 12.7. The second kappa shape index (κ2) is 12.2. The van der Waals surface area contributed by atoms with Gasteiger partial charge >= 0.3 is 0 Å². The van der Waals surface area contributed by atoms with Crippen molar-refractivity contribution in [3.05, 3.63) is 88.1 Å². The highest BCUT2D eigenvalue weighted by Crippen LogP contribution is 2.22. The summed E-state index contributed by atoms with van der Waals surface area (Å²) in [6, 6.07) is 7.69. The third-order valence-electron chi connectivity index (χ3n) is 5.12. The van der Waals surface area contributed by atoms with E-state index < -0.39 is 0 Å². The lowest BCUT2D eigenvalue weighted by atomic mass is 9.92. The van der Waals surface area contributed by atoms with Crippen LogP contribution in [0.2, 0.25) is 0 Å². The van der Waals surface area contributed by atoms with E-state index in [-0.39, 0.29) is 11.0 Å². The largest absolute Gasteiger partial charge is 0.379 e. The van der Waals surface area contributed by atoms with Gasteiger partial charge in [-0.2, -0.15) is 9.50 Å². The smallest absolute Gasteiger partial charge is 0.274 e. The molecule has 0 radical (unpaired) electrons. The first kappa shape index (κ1) is 26.8. The molecular weight excluding hydrogens is 422 g/mol. The molecule has 0 saturated carbocycles. The van der Waals surface area contributed by atoms with Gasteiger partial charge in [-0.25, -0.2) is 4.98 Å². The van der Waals surface area contributed by atoms with Crippen LogP contribution in [0.5, 0.6) is 0 Å². The molecule has 6 nitrogen and oxygen atoms in total. The summed E-state index contributed by atoms with van der Waals surface area (Å²) in [6.45, 7) is 19.0. The summed E-state index contributed by atoms with van der Waals surface area (Å²) in [5.41, 5.74) is 4.95. The van der Waals surface area contributed by atoms with Crippen molar-refractivity contribution in [2.45, 2.75) is 67.9 Å². The van der Waals surface area contributed by atoms with Crippen LogP contribution in [-0.4, -0.2) is 19.6 Å². The van der Waals surface area contributed by atoms with Crippen LogP contribution in [0.25, 0.3) is 11.4 Å². The van der Waals surface area contributed by atoms with Gasteiger partial charge in [-0.05, 0) is 43.2 Å². The first-order valence-corrected chi connectivity index (χ1v) is 11.9. The van der Waals surface area contributed by atoms with Gasteiger partial charge in [0.2, 0.25) is 0 Å². The van der Waals surface area contributed by atoms with Gasteiger partial charge in [-0.1, -0.05) is 77.1 Å². The zero-order chi connectivity index (χ0) is 25.3. The summed E-state index contributed by atoms with van der Waals surface area (Å²) in [7, 11) is 0. The SMILES string of the molecule is C=CC/C=C(\C=C/CC(C)(C)C)c1nc2nc(CNc3c(C)cccc3C)cc(=O)n2[nH]1.CC. The molecule has 6 heteroatoms. The molecule has 0 amide bonds. The Bertz CT molecular complexity index is 1200. The zero-order valence-electron chi connectivity index (χ0n) is 21.7. The van der Waals surface area contributed by atoms with Crippen LogP contribution in [0.15, 0.2) is 59.9 Å². The number of benzene rings is 1. The third-order valence-corrected chi connectivity index (χ3v) is 5.12. The Hall–Kier alpha value is -3.41. The van der Waals surface area contributed by atoms with Gasteiger partial charge in [-0.3, -0.25) is 9.89 Å². The van der Waals surface area contributed by atoms with Crippen molar-refractivity contribution in [2.24, 2.45) is 5.41 Å². The quantitative estimate of drug-likeness (QED) is 0.292. The van der Waals surface area contributed by atoms with Crippen molar-refractivity contribution >= 4 is 17.0 Å². The molecule has 0 aliphatic rings. The van der Waals surface area contributed by atoms with Crippen LogP contribution in [0.1, 0.15) is 70.1 Å². The molecule has 0 fully saturated rings. The topological polar surface area (TPSA) is 75.1 Å². The van der Waals surface area contributed by atoms with Crippen molar-refractivity contribution in [3.8, 4) is 0 Å². The lowest BCUT2D eigenvalue weighted by Gasteiger charge is -2.14. The van der Waals surface area contributed by atoms with Crippen LogP contribution >= 0.6 is 0 Å². The monoisotopic (exact) mass is 461 g/mol. The number of para-hydroxylation sites is 1. The number of H-pyrrole nitrogens is 1. The Morgan fingerprint density at radius 1 is 1.18 bits per heavy atom. The Balaban J connectivity index is 0.00000199. The number of rotatable bonds is 8. The lowest BCUT2D eigenvalue weighted by Crippen LogP contribution is -2.17. The molecule has 0 atom stereocenters. The van der Waals surface area contributed by atoms with E-state index in [1.54, 1.807) is 0 Å². The average Bonchev–Trinajstić information content (AvgIpc) is 3.21. The fourth-order valence-electron chi connectivity index (χ4n) is 3.41. The minimum absolute atomic E-state index is 0.186. The normalized spacial score (nSPS) is 12.0. The molecule has 2 heterocycles. The first-order valence-electron chi connectivity index (χ1n) is 11.9. The number of aromatic amines is 1. The molecule has 0 aliphatic carbocycles. The van der Waals surface area contributed by atoms with Gasteiger partial charge < -0.3 is 5.32 Å². The summed E-state index contributed by atoms with van der Waals surface area (Å²) < 4.78 is 1.39. The van der Waals surface area contributed by atoms with Crippen molar-refractivity contribution in [1.82, 2.24) is 19.6 Å². The summed E-state index contributed by atoms with van der Waals surface area (Å²) in [6.07, 6.45) is 9.70. The third kappa shape index (κ3) is 7.30. The molecule has 0 aliphatic heterocycles. The molecule has 0 spiro atoms.